The van der Waals surface area contributed by atoms with Crippen LogP contribution in [-0.4, -0.2) is 18.1 Å². The highest BCUT2D eigenvalue weighted by Crippen LogP contribution is 2.04. The van der Waals surface area contributed by atoms with Gasteiger partial charge in [-0.3, -0.25) is 4.98 Å². The summed E-state index contributed by atoms with van der Waals surface area (Å²) < 4.78 is 4.99. The Morgan fingerprint density at radius 1 is 1.62 bits per heavy atom. The number of aromatic nitrogens is 1. The second-order valence-electron chi connectivity index (χ2n) is 3.27. The Morgan fingerprint density at radius 2 is 2.38 bits per heavy atom. The number of nitrogens with two attached hydrogens (primary N) is 1. The Morgan fingerprint density at radius 3 is 3.00 bits per heavy atom. The highest BCUT2D eigenvalue weighted by Gasteiger charge is 1.99. The maximum Gasteiger partial charge on any atom is 0.0884 e. The molecule has 0 aromatic carbocycles. The van der Waals surface area contributed by atoms with E-state index in [9.17, 15) is 0 Å². The first-order chi connectivity index (χ1) is 6.22. The van der Waals surface area contributed by atoms with Gasteiger partial charge in [-0.25, -0.2) is 0 Å². The molecule has 0 saturated heterocycles. The smallest absolute Gasteiger partial charge is 0.0884 e. The zero-order valence-electron chi connectivity index (χ0n) is 8.16. The van der Waals surface area contributed by atoms with Crippen LogP contribution in [-0.2, 0) is 17.8 Å². The molecule has 0 saturated carbocycles. The van der Waals surface area contributed by atoms with Crippen LogP contribution in [0.2, 0.25) is 0 Å². The lowest BCUT2D eigenvalue weighted by Crippen LogP contribution is -2.17. The van der Waals surface area contributed by atoms with Crippen LogP contribution in [0.1, 0.15) is 18.2 Å². The molecular formula is C10H16N2O. The van der Waals surface area contributed by atoms with E-state index in [2.05, 4.69) is 4.98 Å². The highest BCUT2D eigenvalue weighted by molar-refractivity contribution is 5.16. The molecule has 0 spiro atoms. The molecule has 0 radical (unpaired) electrons. The Balaban J connectivity index is 2.67. The lowest BCUT2D eigenvalue weighted by atomic mass is 10.1. The molecule has 0 amide bonds. The quantitative estimate of drug-likeness (QED) is 0.755. The lowest BCUT2D eigenvalue weighted by molar-refractivity contribution is 0.181. The van der Waals surface area contributed by atoms with E-state index in [4.69, 9.17) is 10.5 Å². The van der Waals surface area contributed by atoms with E-state index in [1.165, 1.54) is 5.56 Å². The van der Waals surface area contributed by atoms with Gasteiger partial charge in [-0.1, -0.05) is 0 Å². The predicted molar refractivity (Wildman–Crippen MR) is 52.3 cm³/mol. The Kier molecular flexibility index (Phi) is 3.86. The first kappa shape index (κ1) is 10.2. The van der Waals surface area contributed by atoms with E-state index < -0.39 is 0 Å². The highest BCUT2D eigenvalue weighted by atomic mass is 16.5. The van der Waals surface area contributed by atoms with Gasteiger partial charge < -0.3 is 10.5 Å². The van der Waals surface area contributed by atoms with Gasteiger partial charge in [0.05, 0.1) is 12.3 Å². The second-order valence-corrected chi connectivity index (χ2v) is 3.27. The maximum absolute atomic E-state index is 5.70. The monoisotopic (exact) mass is 180 g/mol. The molecule has 0 aliphatic carbocycles. The molecule has 1 heterocycles. The van der Waals surface area contributed by atoms with Gasteiger partial charge in [-0.05, 0) is 31.0 Å². The molecule has 1 aromatic rings. The summed E-state index contributed by atoms with van der Waals surface area (Å²) in [6, 6.07) is 4.22. The third kappa shape index (κ3) is 3.53. The average Bonchev–Trinajstić information content (AvgIpc) is 2.04. The molecule has 0 aliphatic heterocycles. The summed E-state index contributed by atoms with van der Waals surface area (Å²) in [5.74, 6) is 0. The van der Waals surface area contributed by atoms with Gasteiger partial charge in [0.15, 0.2) is 0 Å². The second kappa shape index (κ2) is 4.94. The normalized spacial score (nSPS) is 12.8. The molecule has 13 heavy (non-hydrogen) atoms. The minimum Gasteiger partial charge on any atom is -0.378 e. The Labute approximate surface area is 78.9 Å². The van der Waals surface area contributed by atoms with Crippen LogP contribution >= 0.6 is 0 Å². The van der Waals surface area contributed by atoms with E-state index in [0.29, 0.717) is 6.61 Å². The summed E-state index contributed by atoms with van der Waals surface area (Å²) in [6.07, 6.45) is 2.69. The van der Waals surface area contributed by atoms with Crippen molar-refractivity contribution >= 4 is 0 Å². The number of nitrogens with zero attached hydrogens (tertiary/aromatic N) is 1. The van der Waals surface area contributed by atoms with Gasteiger partial charge in [0.25, 0.3) is 0 Å². The summed E-state index contributed by atoms with van der Waals surface area (Å²) >= 11 is 0. The lowest BCUT2D eigenvalue weighted by Gasteiger charge is -2.06. The van der Waals surface area contributed by atoms with Crippen molar-refractivity contribution in [1.82, 2.24) is 4.98 Å². The summed E-state index contributed by atoms with van der Waals surface area (Å²) in [4.78, 5) is 4.17. The minimum absolute atomic E-state index is 0.192. The van der Waals surface area contributed by atoms with E-state index in [0.717, 1.165) is 12.1 Å². The average molecular weight is 180 g/mol. The fraction of sp³-hybridized carbons (Fsp3) is 0.500. The Bertz CT molecular complexity index is 261. The fourth-order valence-electron chi connectivity index (χ4n) is 1.25. The zero-order valence-corrected chi connectivity index (χ0v) is 8.16. The van der Waals surface area contributed by atoms with E-state index in [1.54, 1.807) is 13.3 Å². The van der Waals surface area contributed by atoms with Crippen LogP contribution in [0, 0.1) is 0 Å². The van der Waals surface area contributed by atoms with E-state index in [1.807, 2.05) is 19.1 Å². The van der Waals surface area contributed by atoms with Crippen molar-refractivity contribution in [3.63, 3.8) is 0 Å². The van der Waals surface area contributed by atoms with E-state index in [-0.39, 0.29) is 6.04 Å². The van der Waals surface area contributed by atoms with Crippen LogP contribution in [0.25, 0.3) is 0 Å². The van der Waals surface area contributed by atoms with Gasteiger partial charge in [0.2, 0.25) is 0 Å². The van der Waals surface area contributed by atoms with Gasteiger partial charge in [-0.2, -0.15) is 0 Å². The van der Waals surface area contributed by atoms with E-state index >= 15 is 0 Å². The summed E-state index contributed by atoms with van der Waals surface area (Å²) in [6.45, 7) is 2.56. The first-order valence-corrected chi connectivity index (χ1v) is 4.40. The van der Waals surface area contributed by atoms with Crippen LogP contribution < -0.4 is 5.73 Å². The molecule has 72 valence electrons. The Hall–Kier alpha value is -0.930. The van der Waals surface area contributed by atoms with Gasteiger partial charge in [-0.15, -0.1) is 0 Å². The van der Waals surface area contributed by atoms with Crippen molar-refractivity contribution < 1.29 is 4.74 Å². The van der Waals surface area contributed by atoms with Gasteiger partial charge in [0.1, 0.15) is 0 Å². The maximum atomic E-state index is 5.70. The van der Waals surface area contributed by atoms with Crippen molar-refractivity contribution in [2.75, 3.05) is 7.11 Å². The van der Waals surface area contributed by atoms with Crippen LogP contribution in [0.3, 0.4) is 0 Å². The summed E-state index contributed by atoms with van der Waals surface area (Å²) in [5, 5.41) is 0. The number of hydrogen-bond acceptors (Lipinski definition) is 3. The number of pyridine rings is 1. The standard InChI is InChI=1S/C10H16N2O/c1-8(11)5-9-3-4-12-10(6-9)7-13-2/h3-4,6,8H,5,7,11H2,1-2H3. The van der Waals surface area contributed by atoms with Gasteiger partial charge in [0, 0.05) is 19.3 Å². The number of rotatable bonds is 4. The molecule has 0 bridgehead atoms. The molecular weight excluding hydrogens is 164 g/mol. The summed E-state index contributed by atoms with van der Waals surface area (Å²) in [5.41, 5.74) is 7.88. The molecule has 2 N–H and O–H groups in total. The van der Waals surface area contributed by atoms with Crippen LogP contribution in [0.4, 0.5) is 0 Å². The van der Waals surface area contributed by atoms with Crippen molar-refractivity contribution in [3.8, 4) is 0 Å². The third-order valence-electron chi connectivity index (χ3n) is 1.73. The number of ether oxygens (including phenoxy) is 1. The molecule has 3 nitrogen and oxygen atoms in total. The number of hydrogen-bond donors (Lipinski definition) is 1. The largest absolute Gasteiger partial charge is 0.378 e. The summed E-state index contributed by atoms with van der Waals surface area (Å²) in [7, 11) is 1.67. The van der Waals surface area contributed by atoms with Crippen molar-refractivity contribution in [3.05, 3.63) is 29.6 Å². The van der Waals surface area contributed by atoms with Crippen LogP contribution in [0.5, 0.6) is 0 Å². The first-order valence-electron chi connectivity index (χ1n) is 4.40. The topological polar surface area (TPSA) is 48.1 Å². The van der Waals surface area contributed by atoms with Crippen molar-refractivity contribution in [2.45, 2.75) is 26.0 Å². The fourth-order valence-corrected chi connectivity index (χ4v) is 1.25. The van der Waals surface area contributed by atoms with Crippen LogP contribution in [0.15, 0.2) is 18.3 Å². The zero-order chi connectivity index (χ0) is 9.68. The molecule has 0 fully saturated rings. The van der Waals surface area contributed by atoms with Crippen molar-refractivity contribution in [2.24, 2.45) is 5.73 Å². The third-order valence-corrected chi connectivity index (χ3v) is 1.73. The SMILES string of the molecule is COCc1cc(CC(C)N)ccn1. The van der Waals surface area contributed by atoms with Gasteiger partial charge >= 0.3 is 0 Å². The molecule has 3 heteroatoms. The molecule has 1 rings (SSSR count). The molecule has 1 unspecified atom stereocenters. The molecule has 1 aromatic heterocycles. The predicted octanol–water partition coefficient (Wildman–Crippen LogP) is 1.12. The molecule has 1 atom stereocenters. The molecule has 0 aliphatic rings. The van der Waals surface area contributed by atoms with Crippen molar-refractivity contribution in [1.29, 1.82) is 0 Å². The number of methoxy groups -OCH3 is 1. The minimum atomic E-state index is 0.192.